The van der Waals surface area contributed by atoms with Crippen molar-refractivity contribution in [3.63, 3.8) is 0 Å². The summed E-state index contributed by atoms with van der Waals surface area (Å²) >= 11 is 0. The number of imidazole rings is 1. The summed E-state index contributed by atoms with van der Waals surface area (Å²) in [6.07, 6.45) is 0. The van der Waals surface area contributed by atoms with Gasteiger partial charge in [0.2, 0.25) is 5.71 Å². The Balaban J connectivity index is 1.31. The maximum atomic E-state index is 13.2. The largest absolute Gasteiger partial charge is 0.437 e. The van der Waals surface area contributed by atoms with E-state index >= 15 is 0 Å². The van der Waals surface area contributed by atoms with Gasteiger partial charge in [0, 0.05) is 28.5 Å². The highest BCUT2D eigenvalue weighted by molar-refractivity contribution is 6.00. The summed E-state index contributed by atoms with van der Waals surface area (Å²) in [6.45, 7) is 0. The number of anilines is 3. The van der Waals surface area contributed by atoms with Gasteiger partial charge in [-0.05, 0) is 65.7 Å². The minimum Gasteiger partial charge on any atom is -0.437 e. The van der Waals surface area contributed by atoms with Gasteiger partial charge in [0.1, 0.15) is 5.58 Å². The van der Waals surface area contributed by atoms with Crippen molar-refractivity contribution in [2.24, 2.45) is 0 Å². The zero-order valence-electron chi connectivity index (χ0n) is 21.8. The first-order chi connectivity index (χ1) is 20.2. The second kappa shape index (κ2) is 9.17. The summed E-state index contributed by atoms with van der Waals surface area (Å²) in [5.74, 6) is 0. The van der Waals surface area contributed by atoms with Crippen LogP contribution in [0.4, 0.5) is 17.1 Å². The first-order valence-electron chi connectivity index (χ1n) is 13.4. The van der Waals surface area contributed by atoms with Gasteiger partial charge < -0.3 is 9.32 Å². The summed E-state index contributed by atoms with van der Waals surface area (Å²) in [6, 6.07) is 44.5. The highest BCUT2D eigenvalue weighted by atomic mass is 16.3. The fourth-order valence-corrected chi connectivity index (χ4v) is 5.49. The van der Waals surface area contributed by atoms with E-state index in [9.17, 15) is 4.79 Å². The molecule has 0 amide bonds. The van der Waals surface area contributed by atoms with E-state index in [1.807, 2.05) is 91.0 Å². The molecule has 8 aromatic rings. The molecule has 0 unspecified atom stereocenters. The van der Waals surface area contributed by atoms with Crippen LogP contribution in [-0.2, 0) is 0 Å². The number of benzene rings is 5. The van der Waals surface area contributed by atoms with Crippen LogP contribution in [0.2, 0.25) is 0 Å². The molecule has 6 heteroatoms. The van der Waals surface area contributed by atoms with Crippen LogP contribution < -0.4 is 10.6 Å². The standard InChI is InChI=1S/C35H22N4O2/c40-35-37-34-29(33-36-30-21-24(17-19-31(30)39(33)35)23-10-4-1-5-11-23)20-25-16-18-28(22-32(25)41-34)38(26-12-6-2-7-13-26)27-14-8-3-9-15-27/h1-22H. The summed E-state index contributed by atoms with van der Waals surface area (Å²) in [4.78, 5) is 24.6. The highest BCUT2D eigenvalue weighted by Gasteiger charge is 2.17. The minimum atomic E-state index is -0.420. The molecule has 194 valence electrons. The topological polar surface area (TPSA) is 63.6 Å². The van der Waals surface area contributed by atoms with Crippen LogP contribution in [0, 0.1) is 0 Å². The predicted octanol–water partition coefficient (Wildman–Crippen LogP) is 8.28. The van der Waals surface area contributed by atoms with Gasteiger partial charge in [-0.25, -0.2) is 14.2 Å². The molecule has 0 radical (unpaired) electrons. The van der Waals surface area contributed by atoms with E-state index < -0.39 is 5.69 Å². The van der Waals surface area contributed by atoms with Gasteiger partial charge in [-0.1, -0.05) is 72.8 Å². The van der Waals surface area contributed by atoms with Crippen LogP contribution in [0.15, 0.2) is 143 Å². The van der Waals surface area contributed by atoms with E-state index in [2.05, 4.69) is 52.3 Å². The fourth-order valence-electron chi connectivity index (χ4n) is 5.49. The smallest absolute Gasteiger partial charge is 0.357 e. The molecular formula is C35H22N4O2. The third-order valence-corrected chi connectivity index (χ3v) is 7.41. The van der Waals surface area contributed by atoms with E-state index in [1.165, 1.54) is 0 Å². The number of fused-ring (bicyclic) bond motifs is 6. The molecule has 0 N–H and O–H groups in total. The third kappa shape index (κ3) is 3.85. The Morgan fingerprint density at radius 2 is 1.29 bits per heavy atom. The van der Waals surface area contributed by atoms with Crippen LogP contribution in [0.1, 0.15) is 0 Å². The summed E-state index contributed by atoms with van der Waals surface area (Å²) < 4.78 is 7.86. The van der Waals surface area contributed by atoms with Gasteiger partial charge in [-0.3, -0.25) is 0 Å². The molecule has 5 aromatic carbocycles. The Kier molecular flexibility index (Phi) is 5.18. The van der Waals surface area contributed by atoms with Crippen molar-refractivity contribution in [3.8, 4) is 11.1 Å². The SMILES string of the molecule is O=c1nc2oc3cc(N(c4ccccc4)c4ccccc4)ccc3cc2c2nc3cc(-c4ccccc4)ccc3n12. The number of aromatic nitrogens is 3. The predicted molar refractivity (Wildman–Crippen MR) is 164 cm³/mol. The van der Waals surface area contributed by atoms with Crippen LogP contribution >= 0.6 is 0 Å². The number of nitrogens with zero attached hydrogens (tertiary/aromatic N) is 4. The minimum absolute atomic E-state index is 0.261. The van der Waals surface area contributed by atoms with E-state index in [0.717, 1.165) is 44.6 Å². The molecule has 0 aliphatic rings. The van der Waals surface area contributed by atoms with Crippen LogP contribution in [0.25, 0.3) is 49.9 Å². The Hall–Kier alpha value is -5.75. The number of para-hydroxylation sites is 2. The third-order valence-electron chi connectivity index (χ3n) is 7.41. The number of rotatable bonds is 4. The lowest BCUT2D eigenvalue weighted by Gasteiger charge is -2.25. The monoisotopic (exact) mass is 530 g/mol. The van der Waals surface area contributed by atoms with E-state index in [-0.39, 0.29) is 5.71 Å². The van der Waals surface area contributed by atoms with Gasteiger partial charge in [0.05, 0.1) is 16.4 Å². The molecule has 0 saturated heterocycles. The molecular weight excluding hydrogens is 508 g/mol. The van der Waals surface area contributed by atoms with Gasteiger partial charge >= 0.3 is 5.69 Å². The maximum Gasteiger partial charge on any atom is 0.357 e. The Bertz CT molecular complexity index is 2240. The fraction of sp³-hybridized carbons (Fsp3) is 0. The molecule has 41 heavy (non-hydrogen) atoms. The van der Waals surface area contributed by atoms with Crippen molar-refractivity contribution >= 4 is 55.8 Å². The first kappa shape index (κ1) is 23.2. The van der Waals surface area contributed by atoms with Crippen LogP contribution in [-0.4, -0.2) is 14.4 Å². The lowest BCUT2D eigenvalue weighted by atomic mass is 10.1. The Morgan fingerprint density at radius 1 is 0.610 bits per heavy atom. The molecule has 0 aliphatic heterocycles. The lowest BCUT2D eigenvalue weighted by molar-refractivity contribution is 0.641. The molecule has 8 rings (SSSR count). The second-order valence-electron chi connectivity index (χ2n) is 9.93. The molecule has 6 nitrogen and oxygen atoms in total. The zero-order chi connectivity index (χ0) is 27.3. The summed E-state index contributed by atoms with van der Waals surface area (Å²) in [5.41, 5.74) is 7.57. The second-order valence-corrected chi connectivity index (χ2v) is 9.93. The molecule has 0 fully saturated rings. The van der Waals surface area contributed by atoms with Crippen LogP contribution in [0.5, 0.6) is 0 Å². The molecule has 0 bridgehead atoms. The molecule has 0 spiro atoms. The van der Waals surface area contributed by atoms with Crippen molar-refractivity contribution in [2.45, 2.75) is 0 Å². The van der Waals surface area contributed by atoms with Gasteiger partial charge in [-0.2, -0.15) is 4.98 Å². The lowest BCUT2D eigenvalue weighted by Crippen LogP contribution is -2.16. The Labute approximate surface area is 234 Å². The Morgan fingerprint density at radius 3 is 2.00 bits per heavy atom. The van der Waals surface area contributed by atoms with Crippen molar-refractivity contribution in [1.29, 1.82) is 0 Å². The quantitative estimate of drug-likeness (QED) is 0.214. The molecule has 0 atom stereocenters. The normalized spacial score (nSPS) is 11.5. The van der Waals surface area contributed by atoms with Crippen molar-refractivity contribution in [2.75, 3.05) is 4.90 Å². The zero-order valence-corrected chi connectivity index (χ0v) is 21.8. The maximum absolute atomic E-state index is 13.2. The first-order valence-corrected chi connectivity index (χ1v) is 13.4. The van der Waals surface area contributed by atoms with Gasteiger partial charge in [0.25, 0.3) is 0 Å². The molecule has 0 aliphatic carbocycles. The molecule has 3 aromatic heterocycles. The van der Waals surface area contributed by atoms with E-state index in [0.29, 0.717) is 16.6 Å². The molecule has 3 heterocycles. The number of hydrogen-bond donors (Lipinski definition) is 0. The average Bonchev–Trinajstić information content (AvgIpc) is 3.42. The number of hydrogen-bond acceptors (Lipinski definition) is 5. The average molecular weight is 531 g/mol. The van der Waals surface area contributed by atoms with Gasteiger partial charge in [0.15, 0.2) is 5.65 Å². The van der Waals surface area contributed by atoms with Gasteiger partial charge in [-0.15, -0.1) is 0 Å². The van der Waals surface area contributed by atoms with Crippen LogP contribution in [0.3, 0.4) is 0 Å². The summed E-state index contributed by atoms with van der Waals surface area (Å²) in [5, 5.41) is 1.58. The highest BCUT2D eigenvalue weighted by Crippen LogP contribution is 2.37. The molecule has 0 saturated carbocycles. The van der Waals surface area contributed by atoms with E-state index in [1.54, 1.807) is 4.40 Å². The van der Waals surface area contributed by atoms with Crippen molar-refractivity contribution < 1.29 is 4.42 Å². The van der Waals surface area contributed by atoms with Crippen molar-refractivity contribution in [3.05, 3.63) is 144 Å². The van der Waals surface area contributed by atoms with Crippen molar-refractivity contribution in [1.82, 2.24) is 14.4 Å². The van der Waals surface area contributed by atoms with E-state index in [4.69, 9.17) is 9.40 Å². The summed E-state index contributed by atoms with van der Waals surface area (Å²) in [7, 11) is 0.